The summed E-state index contributed by atoms with van der Waals surface area (Å²) in [6.07, 6.45) is 1.04. The number of nitrogens with zero attached hydrogens (tertiary/aromatic N) is 2. The van der Waals surface area contributed by atoms with Gasteiger partial charge in [0, 0.05) is 18.1 Å². The molecule has 0 atom stereocenters. The van der Waals surface area contributed by atoms with Gasteiger partial charge in [-0.1, -0.05) is 39.0 Å². The lowest BCUT2D eigenvalue weighted by Gasteiger charge is -2.05. The number of hydrogen-bond acceptors (Lipinski definition) is 1. The van der Waals surface area contributed by atoms with Crippen LogP contribution >= 0.6 is 0 Å². The number of aryl methyl sites for hydroxylation is 2. The van der Waals surface area contributed by atoms with Crippen LogP contribution < -0.4 is 0 Å². The lowest BCUT2D eigenvalue weighted by Crippen LogP contribution is -1.95. The molecule has 0 amide bonds. The van der Waals surface area contributed by atoms with Crippen LogP contribution in [0.1, 0.15) is 37.9 Å². The SMILES string of the molecule is CCc1c2cccc(C(C)C)c2nn1C. The molecule has 15 heavy (non-hydrogen) atoms. The Bertz CT molecular complexity index is 480. The van der Waals surface area contributed by atoms with Crippen LogP contribution in [0.3, 0.4) is 0 Å². The summed E-state index contributed by atoms with van der Waals surface area (Å²) in [5.74, 6) is 0.535. The molecule has 0 aliphatic heterocycles. The second-order valence-electron chi connectivity index (χ2n) is 4.32. The zero-order valence-electron chi connectivity index (χ0n) is 9.91. The van der Waals surface area contributed by atoms with E-state index in [4.69, 9.17) is 0 Å². The molecular weight excluding hydrogens is 184 g/mol. The van der Waals surface area contributed by atoms with E-state index in [0.717, 1.165) is 6.42 Å². The molecule has 2 rings (SSSR count). The molecule has 0 aliphatic rings. The summed E-state index contributed by atoms with van der Waals surface area (Å²) in [4.78, 5) is 0. The summed E-state index contributed by atoms with van der Waals surface area (Å²) in [7, 11) is 2.03. The van der Waals surface area contributed by atoms with Gasteiger partial charge in [0.15, 0.2) is 0 Å². The van der Waals surface area contributed by atoms with Crippen molar-refractivity contribution in [3.63, 3.8) is 0 Å². The van der Waals surface area contributed by atoms with Crippen LogP contribution in [0.25, 0.3) is 10.9 Å². The highest BCUT2D eigenvalue weighted by atomic mass is 15.3. The van der Waals surface area contributed by atoms with Gasteiger partial charge in [-0.15, -0.1) is 0 Å². The molecule has 0 bridgehead atoms. The molecular formula is C13H18N2. The normalized spacial score (nSPS) is 11.5. The van der Waals surface area contributed by atoms with E-state index in [9.17, 15) is 0 Å². The lowest BCUT2D eigenvalue weighted by molar-refractivity contribution is 0.725. The van der Waals surface area contributed by atoms with Crippen molar-refractivity contribution in [2.24, 2.45) is 7.05 Å². The van der Waals surface area contributed by atoms with Crippen molar-refractivity contribution in [1.29, 1.82) is 0 Å². The second-order valence-corrected chi connectivity index (χ2v) is 4.32. The lowest BCUT2D eigenvalue weighted by atomic mass is 10.00. The molecule has 2 heteroatoms. The van der Waals surface area contributed by atoms with Gasteiger partial charge in [-0.05, 0) is 17.9 Å². The molecule has 2 aromatic rings. The van der Waals surface area contributed by atoms with Crippen molar-refractivity contribution >= 4 is 10.9 Å². The molecule has 1 aromatic heterocycles. The third-order valence-corrected chi connectivity index (χ3v) is 2.98. The van der Waals surface area contributed by atoms with Gasteiger partial charge < -0.3 is 0 Å². The minimum absolute atomic E-state index is 0.535. The van der Waals surface area contributed by atoms with Crippen molar-refractivity contribution in [2.45, 2.75) is 33.1 Å². The monoisotopic (exact) mass is 202 g/mol. The minimum atomic E-state index is 0.535. The summed E-state index contributed by atoms with van der Waals surface area (Å²) in [5.41, 5.74) is 3.85. The maximum absolute atomic E-state index is 4.62. The van der Waals surface area contributed by atoms with E-state index in [1.165, 1.54) is 22.2 Å². The molecule has 0 unspecified atom stereocenters. The smallest absolute Gasteiger partial charge is 0.0960 e. The topological polar surface area (TPSA) is 17.8 Å². The van der Waals surface area contributed by atoms with Gasteiger partial charge >= 0.3 is 0 Å². The first-order valence-corrected chi connectivity index (χ1v) is 5.59. The van der Waals surface area contributed by atoms with Gasteiger partial charge in [0.2, 0.25) is 0 Å². The Kier molecular flexibility index (Phi) is 2.51. The molecule has 0 fully saturated rings. The van der Waals surface area contributed by atoms with Crippen LogP contribution in [0.15, 0.2) is 18.2 Å². The van der Waals surface area contributed by atoms with E-state index in [0.29, 0.717) is 5.92 Å². The number of fused-ring (bicyclic) bond motifs is 1. The van der Waals surface area contributed by atoms with Crippen molar-refractivity contribution in [1.82, 2.24) is 9.78 Å². The Balaban J connectivity index is 2.77. The Morgan fingerprint density at radius 2 is 2.07 bits per heavy atom. The van der Waals surface area contributed by atoms with Crippen LogP contribution in [0.5, 0.6) is 0 Å². The predicted octanol–water partition coefficient (Wildman–Crippen LogP) is 3.26. The fourth-order valence-electron chi connectivity index (χ4n) is 2.18. The fraction of sp³-hybridized carbons (Fsp3) is 0.462. The molecule has 2 nitrogen and oxygen atoms in total. The molecule has 0 aliphatic carbocycles. The van der Waals surface area contributed by atoms with Gasteiger partial charge in [0.1, 0.15) is 0 Å². The summed E-state index contributed by atoms with van der Waals surface area (Å²) in [5, 5.41) is 5.93. The van der Waals surface area contributed by atoms with E-state index in [2.05, 4.69) is 44.1 Å². The highest BCUT2D eigenvalue weighted by Crippen LogP contribution is 2.26. The van der Waals surface area contributed by atoms with Gasteiger partial charge in [-0.25, -0.2) is 0 Å². The summed E-state index contributed by atoms with van der Waals surface area (Å²) in [6.45, 7) is 6.61. The standard InChI is InChI=1S/C13H18N2/c1-5-12-11-8-6-7-10(9(2)3)13(11)14-15(12)4/h6-9H,5H2,1-4H3. The molecule has 0 saturated heterocycles. The number of rotatable bonds is 2. The Hall–Kier alpha value is -1.31. The van der Waals surface area contributed by atoms with E-state index in [1.807, 2.05) is 11.7 Å². The van der Waals surface area contributed by atoms with Crippen molar-refractivity contribution in [3.05, 3.63) is 29.5 Å². The highest BCUT2D eigenvalue weighted by Gasteiger charge is 2.11. The Labute approximate surface area is 90.9 Å². The Morgan fingerprint density at radius 3 is 2.67 bits per heavy atom. The van der Waals surface area contributed by atoms with Crippen LogP contribution in [-0.4, -0.2) is 9.78 Å². The first-order valence-electron chi connectivity index (χ1n) is 5.59. The van der Waals surface area contributed by atoms with Crippen LogP contribution in [0.2, 0.25) is 0 Å². The first-order chi connectivity index (χ1) is 7.15. The highest BCUT2D eigenvalue weighted by molar-refractivity contribution is 5.85. The third kappa shape index (κ3) is 1.54. The van der Waals surface area contributed by atoms with E-state index >= 15 is 0 Å². The quantitative estimate of drug-likeness (QED) is 0.731. The average molecular weight is 202 g/mol. The zero-order valence-corrected chi connectivity index (χ0v) is 9.91. The van der Waals surface area contributed by atoms with E-state index in [-0.39, 0.29) is 0 Å². The molecule has 1 heterocycles. The number of benzene rings is 1. The van der Waals surface area contributed by atoms with Crippen molar-refractivity contribution < 1.29 is 0 Å². The van der Waals surface area contributed by atoms with E-state index in [1.54, 1.807) is 0 Å². The second kappa shape index (κ2) is 3.69. The number of hydrogen-bond donors (Lipinski definition) is 0. The van der Waals surface area contributed by atoms with Crippen molar-refractivity contribution in [2.75, 3.05) is 0 Å². The first kappa shape index (κ1) is 10.2. The Morgan fingerprint density at radius 1 is 1.33 bits per heavy atom. The summed E-state index contributed by atoms with van der Waals surface area (Å²) < 4.78 is 2.01. The average Bonchev–Trinajstić information content (AvgIpc) is 2.52. The van der Waals surface area contributed by atoms with Crippen LogP contribution in [0, 0.1) is 0 Å². The summed E-state index contributed by atoms with van der Waals surface area (Å²) >= 11 is 0. The molecule has 0 radical (unpaired) electrons. The fourth-order valence-corrected chi connectivity index (χ4v) is 2.18. The molecule has 0 spiro atoms. The molecule has 0 saturated carbocycles. The van der Waals surface area contributed by atoms with Gasteiger partial charge in [0.25, 0.3) is 0 Å². The molecule has 0 N–H and O–H groups in total. The predicted molar refractivity (Wildman–Crippen MR) is 64.2 cm³/mol. The summed E-state index contributed by atoms with van der Waals surface area (Å²) in [6, 6.07) is 6.49. The van der Waals surface area contributed by atoms with Crippen LogP contribution in [0.4, 0.5) is 0 Å². The zero-order chi connectivity index (χ0) is 11.0. The third-order valence-electron chi connectivity index (χ3n) is 2.98. The maximum Gasteiger partial charge on any atom is 0.0960 e. The number of aromatic nitrogens is 2. The minimum Gasteiger partial charge on any atom is -0.271 e. The molecule has 80 valence electrons. The molecule has 1 aromatic carbocycles. The van der Waals surface area contributed by atoms with Gasteiger partial charge in [-0.2, -0.15) is 5.10 Å². The largest absolute Gasteiger partial charge is 0.271 e. The van der Waals surface area contributed by atoms with Gasteiger partial charge in [-0.3, -0.25) is 4.68 Å². The van der Waals surface area contributed by atoms with Crippen molar-refractivity contribution in [3.8, 4) is 0 Å². The van der Waals surface area contributed by atoms with E-state index < -0.39 is 0 Å². The van der Waals surface area contributed by atoms with Crippen LogP contribution in [-0.2, 0) is 13.5 Å². The maximum atomic E-state index is 4.62. The van der Waals surface area contributed by atoms with Gasteiger partial charge in [0.05, 0.1) is 5.52 Å².